The minimum atomic E-state index is -4.55. The summed E-state index contributed by atoms with van der Waals surface area (Å²) in [4.78, 5) is 23.5. The van der Waals surface area contributed by atoms with Gasteiger partial charge in [-0.1, -0.05) is 12.1 Å². The van der Waals surface area contributed by atoms with E-state index in [0.29, 0.717) is 35.4 Å². The normalized spacial score (nSPS) is 13.3. The van der Waals surface area contributed by atoms with E-state index in [0.717, 1.165) is 35.7 Å². The number of rotatable bonds is 5. The van der Waals surface area contributed by atoms with E-state index in [1.807, 2.05) is 16.8 Å². The second-order valence-corrected chi connectivity index (χ2v) is 7.95. The number of fused-ring (bicyclic) bond motifs is 2. The summed E-state index contributed by atoms with van der Waals surface area (Å²) < 4.78 is 41.7. The van der Waals surface area contributed by atoms with Crippen LogP contribution in [0.3, 0.4) is 0 Å². The van der Waals surface area contributed by atoms with Gasteiger partial charge < -0.3 is 10.4 Å². The van der Waals surface area contributed by atoms with Crippen LogP contribution in [0.15, 0.2) is 42.6 Å². The lowest BCUT2D eigenvalue weighted by Gasteiger charge is -2.09. The number of carbonyl (C=O) groups is 1. The number of hydrogen-bond donors (Lipinski definition) is 2. The number of amides is 1. The highest BCUT2D eigenvalue weighted by atomic mass is 19.4. The summed E-state index contributed by atoms with van der Waals surface area (Å²) in [5.41, 5.74) is 3.93. The number of pyridine rings is 1. The average Bonchev–Trinajstić information content (AvgIpc) is 3.39. The number of nitrogens with zero attached hydrogens (tertiary/aromatic N) is 5. The van der Waals surface area contributed by atoms with Crippen molar-refractivity contribution in [1.29, 1.82) is 0 Å². The van der Waals surface area contributed by atoms with Gasteiger partial charge >= 0.3 is 12.3 Å². The van der Waals surface area contributed by atoms with Gasteiger partial charge in [0.15, 0.2) is 0 Å². The van der Waals surface area contributed by atoms with Gasteiger partial charge in [-0.3, -0.25) is 9.67 Å². The van der Waals surface area contributed by atoms with Crippen LogP contribution in [0.1, 0.15) is 23.5 Å². The Hall–Kier alpha value is -4.02. The Morgan fingerprint density at radius 1 is 1.15 bits per heavy atom. The molecule has 2 N–H and O–H groups in total. The molecule has 1 aliphatic heterocycles. The van der Waals surface area contributed by atoms with E-state index < -0.39 is 18.0 Å². The highest BCUT2D eigenvalue weighted by molar-refractivity contribution is 5.87. The highest BCUT2D eigenvalue weighted by Gasteiger charge is 2.33. The Morgan fingerprint density at radius 3 is 2.79 bits per heavy atom. The van der Waals surface area contributed by atoms with E-state index in [2.05, 4.69) is 25.4 Å². The molecule has 4 aromatic rings. The van der Waals surface area contributed by atoms with Crippen molar-refractivity contribution in [3.8, 4) is 22.5 Å². The third-order valence-corrected chi connectivity index (χ3v) is 5.66. The quantitative estimate of drug-likeness (QED) is 0.452. The van der Waals surface area contributed by atoms with E-state index >= 15 is 0 Å². The molecule has 3 aromatic heterocycles. The van der Waals surface area contributed by atoms with Crippen molar-refractivity contribution in [3.63, 3.8) is 0 Å². The van der Waals surface area contributed by atoms with Crippen LogP contribution in [0.2, 0.25) is 0 Å². The Bertz CT molecular complexity index is 1400. The van der Waals surface area contributed by atoms with Crippen molar-refractivity contribution >= 4 is 17.1 Å². The zero-order chi connectivity index (χ0) is 23.9. The standard InChI is InChI=1S/C23H19F3N6O2/c24-23(25,26)19-5-1-3-16(30-19)21-20(18-4-2-10-32(18)31-21)13-6-7-15-17(11-13)29-14(12-28-15)8-9-27-22(33)34/h1,3,5-7,11-12,27H,2,4,8-10H2,(H,33,34). The van der Waals surface area contributed by atoms with E-state index in [1.165, 1.54) is 12.1 Å². The molecule has 0 atom stereocenters. The molecule has 0 saturated carbocycles. The minimum Gasteiger partial charge on any atom is -0.465 e. The van der Waals surface area contributed by atoms with Gasteiger partial charge in [0.1, 0.15) is 11.4 Å². The fourth-order valence-electron chi connectivity index (χ4n) is 4.16. The van der Waals surface area contributed by atoms with Crippen molar-refractivity contribution in [2.24, 2.45) is 0 Å². The lowest BCUT2D eigenvalue weighted by Crippen LogP contribution is -2.23. The van der Waals surface area contributed by atoms with Gasteiger partial charge in [-0.05, 0) is 42.7 Å². The highest BCUT2D eigenvalue weighted by Crippen LogP contribution is 2.38. The third kappa shape index (κ3) is 4.16. The lowest BCUT2D eigenvalue weighted by atomic mass is 9.99. The van der Waals surface area contributed by atoms with Gasteiger partial charge in [-0.2, -0.15) is 18.3 Å². The zero-order valence-electron chi connectivity index (χ0n) is 17.8. The Kier molecular flexibility index (Phi) is 5.39. The molecule has 0 unspecified atom stereocenters. The van der Waals surface area contributed by atoms with Crippen LogP contribution < -0.4 is 5.32 Å². The van der Waals surface area contributed by atoms with Crippen molar-refractivity contribution in [3.05, 3.63) is 59.7 Å². The van der Waals surface area contributed by atoms with E-state index in [9.17, 15) is 18.0 Å². The molecule has 8 nitrogen and oxygen atoms in total. The fraction of sp³-hybridized carbons (Fsp3) is 0.261. The molecule has 0 fully saturated rings. The second kappa shape index (κ2) is 8.40. The molecule has 1 amide bonds. The van der Waals surface area contributed by atoms with Crippen molar-refractivity contribution in [2.45, 2.75) is 32.0 Å². The summed E-state index contributed by atoms with van der Waals surface area (Å²) in [5.74, 6) is 0. The molecule has 174 valence electrons. The second-order valence-electron chi connectivity index (χ2n) is 7.95. The molecule has 1 aromatic carbocycles. The largest absolute Gasteiger partial charge is 0.465 e. The van der Waals surface area contributed by atoms with Gasteiger partial charge in [-0.15, -0.1) is 0 Å². The van der Waals surface area contributed by atoms with E-state index in [-0.39, 0.29) is 12.2 Å². The zero-order valence-corrected chi connectivity index (χ0v) is 17.8. The number of aromatic nitrogens is 5. The van der Waals surface area contributed by atoms with Gasteiger partial charge in [0.2, 0.25) is 0 Å². The Labute approximate surface area is 191 Å². The van der Waals surface area contributed by atoms with Crippen LogP contribution in [0.5, 0.6) is 0 Å². The maximum atomic E-state index is 13.3. The smallest absolute Gasteiger partial charge is 0.433 e. The van der Waals surface area contributed by atoms with E-state index in [1.54, 1.807) is 12.3 Å². The fourth-order valence-corrected chi connectivity index (χ4v) is 4.16. The van der Waals surface area contributed by atoms with Gasteiger partial charge in [0.05, 0.1) is 22.4 Å². The molecule has 0 bridgehead atoms. The molecule has 0 saturated heterocycles. The minimum absolute atomic E-state index is 0.159. The van der Waals surface area contributed by atoms with Crippen LogP contribution in [0.25, 0.3) is 33.5 Å². The number of halogens is 3. The van der Waals surface area contributed by atoms with Crippen molar-refractivity contribution < 1.29 is 23.1 Å². The molecular formula is C23H19F3N6O2. The summed E-state index contributed by atoms with van der Waals surface area (Å²) in [7, 11) is 0. The first-order valence-corrected chi connectivity index (χ1v) is 10.7. The summed E-state index contributed by atoms with van der Waals surface area (Å²) in [6.45, 7) is 0.896. The number of aryl methyl sites for hydroxylation is 1. The van der Waals surface area contributed by atoms with Gasteiger partial charge in [-0.25, -0.2) is 14.8 Å². The molecule has 4 heterocycles. The molecule has 0 aliphatic carbocycles. The molecule has 34 heavy (non-hydrogen) atoms. The molecular weight excluding hydrogens is 449 g/mol. The van der Waals surface area contributed by atoms with Crippen LogP contribution in [0.4, 0.5) is 18.0 Å². The number of alkyl halides is 3. The van der Waals surface area contributed by atoms with Gasteiger partial charge in [0, 0.05) is 37.0 Å². The summed E-state index contributed by atoms with van der Waals surface area (Å²) in [6.07, 6.45) is -2.03. The SMILES string of the molecule is O=C(O)NCCc1cnc2ccc(-c3c(-c4cccc(C(F)(F)F)n4)nn4c3CCC4)cc2n1. The van der Waals surface area contributed by atoms with Crippen molar-refractivity contribution in [1.82, 2.24) is 30.0 Å². The molecule has 0 radical (unpaired) electrons. The first-order chi connectivity index (χ1) is 16.3. The third-order valence-electron chi connectivity index (χ3n) is 5.66. The monoisotopic (exact) mass is 468 g/mol. The Morgan fingerprint density at radius 2 is 2.00 bits per heavy atom. The number of hydrogen-bond acceptors (Lipinski definition) is 5. The van der Waals surface area contributed by atoms with E-state index in [4.69, 9.17) is 5.11 Å². The summed E-state index contributed by atoms with van der Waals surface area (Å²) >= 11 is 0. The number of carboxylic acid groups (broad SMARTS) is 1. The summed E-state index contributed by atoms with van der Waals surface area (Å²) in [5, 5.41) is 15.6. The lowest BCUT2D eigenvalue weighted by molar-refractivity contribution is -0.141. The predicted octanol–water partition coefficient (Wildman–Crippen LogP) is 4.33. The molecule has 0 spiro atoms. The first kappa shape index (κ1) is 21.8. The summed E-state index contributed by atoms with van der Waals surface area (Å²) in [6, 6.07) is 9.31. The first-order valence-electron chi connectivity index (χ1n) is 10.7. The van der Waals surface area contributed by atoms with Crippen LogP contribution >= 0.6 is 0 Å². The number of benzene rings is 1. The Balaban J connectivity index is 1.58. The van der Waals surface area contributed by atoms with Gasteiger partial charge in [0.25, 0.3) is 0 Å². The molecule has 11 heteroatoms. The molecule has 1 aliphatic rings. The maximum absolute atomic E-state index is 13.3. The van der Waals surface area contributed by atoms with Crippen LogP contribution in [-0.2, 0) is 25.6 Å². The maximum Gasteiger partial charge on any atom is 0.433 e. The van der Waals surface area contributed by atoms with Crippen molar-refractivity contribution in [2.75, 3.05) is 6.54 Å². The predicted molar refractivity (Wildman–Crippen MR) is 117 cm³/mol. The van der Waals surface area contributed by atoms with Crippen LogP contribution in [0, 0.1) is 0 Å². The number of nitrogens with one attached hydrogen (secondary N) is 1. The molecule has 5 rings (SSSR count). The average molecular weight is 468 g/mol. The van der Waals surface area contributed by atoms with Crippen LogP contribution in [-0.4, -0.2) is 42.5 Å². The topological polar surface area (TPSA) is 106 Å².